The van der Waals surface area contributed by atoms with E-state index in [9.17, 15) is 0 Å². The smallest absolute Gasteiger partial charge is 0.266 e. The van der Waals surface area contributed by atoms with Crippen molar-refractivity contribution in [3.05, 3.63) is 226 Å². The maximum absolute atomic E-state index is 16.6. The molecule has 0 aliphatic carbocycles. The lowest BCUT2D eigenvalue weighted by Gasteiger charge is -2.34. The lowest BCUT2D eigenvalue weighted by molar-refractivity contribution is 0.0877. The van der Waals surface area contributed by atoms with Crippen molar-refractivity contribution in [2.45, 2.75) is 134 Å². The zero-order valence-corrected chi connectivity index (χ0v) is 56.1. The molecule has 11 aromatic carbocycles. The number of para-hydroxylation sites is 6. The van der Waals surface area contributed by atoms with Crippen LogP contribution in [0, 0.1) is 21.7 Å². The van der Waals surface area contributed by atoms with Crippen LogP contribution in [0.15, 0.2) is 182 Å². The Bertz CT molecular complexity index is 4190. The van der Waals surface area contributed by atoms with Gasteiger partial charge in [-0.05, 0) is 168 Å². The molecule has 0 N–H and O–H groups in total. The number of nitrogens with zero attached hydrogens (tertiary/aromatic N) is 2. The summed E-state index contributed by atoms with van der Waals surface area (Å²) in [7, 11) is 0. The largest absolute Gasteiger partial charge is 0.457 e. The molecule has 0 unspecified atom stereocenters. The highest BCUT2D eigenvalue weighted by Crippen LogP contribution is 2.59. The van der Waals surface area contributed by atoms with Gasteiger partial charge in [0, 0.05) is 43.1 Å². The van der Waals surface area contributed by atoms with Crippen molar-refractivity contribution in [3.8, 4) is 46.0 Å². The van der Waals surface area contributed by atoms with Gasteiger partial charge in [-0.15, -0.1) is 0 Å². The summed E-state index contributed by atoms with van der Waals surface area (Å²) in [5.41, 5.74) is 5.48. The quantitative estimate of drug-likeness (QED) is 0.0474. The van der Waals surface area contributed by atoms with Crippen molar-refractivity contribution in [1.82, 2.24) is 0 Å². The molecular formula is C84H82N2O8. The normalized spacial score (nSPS) is 13.7. The fourth-order valence-electron chi connectivity index (χ4n) is 13.4. The molecule has 94 heavy (non-hydrogen) atoms. The first-order valence-corrected chi connectivity index (χ1v) is 33.1. The van der Waals surface area contributed by atoms with E-state index < -0.39 is 23.6 Å². The number of hydrogen-bond acceptors (Lipinski definition) is 8. The van der Waals surface area contributed by atoms with Gasteiger partial charge in [-0.1, -0.05) is 192 Å². The van der Waals surface area contributed by atoms with Crippen LogP contribution in [0.5, 0.6) is 46.0 Å². The Morgan fingerprint density at radius 3 is 0.681 bits per heavy atom. The first kappa shape index (κ1) is 63.0. The monoisotopic (exact) mass is 1250 g/mol. The van der Waals surface area contributed by atoms with E-state index in [1.165, 1.54) is 9.80 Å². The molecule has 0 bridgehead atoms. The SMILES string of the molecule is CC(C)(C)CCc1cccc(CCC(C)(C)C)c1N1C(=O)c2cc(Oc3ccccc3)c3c4c(Oc5ccccc5)cc5c6c(cc(Oc7ccccc7)c(c7c(Oc8ccccc8)cc(c2c37)C1=O)c64)C(=O)N(c1c(CCC(C)(C)C)cccc1CCC(C)(C)C)C5=O. The van der Waals surface area contributed by atoms with Gasteiger partial charge in [-0.25, -0.2) is 9.80 Å². The molecule has 13 rings (SSSR count). The summed E-state index contributed by atoms with van der Waals surface area (Å²) in [6.45, 7) is 26.4. The van der Waals surface area contributed by atoms with Crippen LogP contribution in [0.2, 0.25) is 0 Å². The van der Waals surface area contributed by atoms with Gasteiger partial charge in [-0.2, -0.15) is 0 Å². The van der Waals surface area contributed by atoms with E-state index >= 15 is 19.2 Å². The minimum Gasteiger partial charge on any atom is -0.457 e. The summed E-state index contributed by atoms with van der Waals surface area (Å²) in [5, 5.41) is 3.49. The van der Waals surface area contributed by atoms with Crippen LogP contribution in [0.25, 0.3) is 43.1 Å². The lowest BCUT2D eigenvalue weighted by Crippen LogP contribution is -2.42. The maximum Gasteiger partial charge on any atom is 0.266 e. The van der Waals surface area contributed by atoms with Crippen molar-refractivity contribution < 1.29 is 38.1 Å². The van der Waals surface area contributed by atoms with Gasteiger partial charge in [0.2, 0.25) is 0 Å². The van der Waals surface area contributed by atoms with Crippen molar-refractivity contribution in [2.24, 2.45) is 21.7 Å². The topological polar surface area (TPSA) is 112 Å². The summed E-state index contributed by atoms with van der Waals surface area (Å²) in [5.74, 6) is 0.875. The van der Waals surface area contributed by atoms with Crippen molar-refractivity contribution in [2.75, 3.05) is 9.80 Å². The summed E-state index contributed by atoms with van der Waals surface area (Å²) in [6.07, 6.45) is 5.68. The molecule has 0 atom stereocenters. The number of anilines is 2. The highest BCUT2D eigenvalue weighted by Gasteiger charge is 2.44. The number of carbonyl (C=O) groups excluding carboxylic acids is 4. The van der Waals surface area contributed by atoms with E-state index in [2.05, 4.69) is 107 Å². The molecule has 0 aromatic heterocycles. The molecule has 11 aromatic rings. The average molecular weight is 1250 g/mol. The molecule has 4 amide bonds. The predicted molar refractivity (Wildman–Crippen MR) is 380 cm³/mol. The summed E-state index contributed by atoms with van der Waals surface area (Å²) in [4.78, 5) is 69.0. The van der Waals surface area contributed by atoms with Crippen LogP contribution in [0.1, 0.15) is 172 Å². The standard InChI is InChI=1S/C84H82N2O8/c1-81(2,3)43-39-51-27-25-28-52(40-44-82(4,5)6)75(51)85-77(87)59-47-63(91-55-31-17-13-18-32-55)69-71-65(93-57-35-21-15-22-36-57)49-61-68-62(80(90)86(79(61)89)76-53(41-45-83(7,8)9)29-26-30-54(76)42-46-84(10,11)12)50-66(94-58-37-23-16-24-38-58)72(74(68)71)70-64(92-56-33-19-14-20-34-56)48-60(78(85)88)67(59)73(69)70/h13-38,47-50H,39-46H2,1-12H3. The number of ether oxygens (including phenoxy) is 4. The van der Waals surface area contributed by atoms with Gasteiger partial charge < -0.3 is 18.9 Å². The Balaban J connectivity index is 1.20. The van der Waals surface area contributed by atoms with Crippen LogP contribution >= 0.6 is 0 Å². The second-order valence-electron chi connectivity index (χ2n) is 30.3. The number of benzene rings is 11. The van der Waals surface area contributed by atoms with Gasteiger partial charge >= 0.3 is 0 Å². The molecule has 2 aliphatic heterocycles. The molecule has 476 valence electrons. The zero-order chi connectivity index (χ0) is 66.2. The van der Waals surface area contributed by atoms with E-state index in [1.807, 2.05) is 133 Å². The first-order valence-electron chi connectivity index (χ1n) is 33.1. The minimum atomic E-state index is -0.511. The Morgan fingerprint density at radius 2 is 0.479 bits per heavy atom. The van der Waals surface area contributed by atoms with Gasteiger partial charge in [-0.3, -0.25) is 19.2 Å². The number of imide groups is 2. The second-order valence-corrected chi connectivity index (χ2v) is 30.3. The highest BCUT2D eigenvalue weighted by molar-refractivity contribution is 6.48. The third kappa shape index (κ3) is 12.3. The molecule has 10 heteroatoms. The van der Waals surface area contributed by atoms with Crippen LogP contribution in [0.4, 0.5) is 11.4 Å². The van der Waals surface area contributed by atoms with E-state index in [0.717, 1.165) is 47.9 Å². The zero-order valence-electron chi connectivity index (χ0n) is 56.1. The number of rotatable bonds is 18. The van der Waals surface area contributed by atoms with Crippen molar-refractivity contribution >= 4 is 78.1 Å². The number of hydrogen-bond donors (Lipinski definition) is 0. The number of carbonyl (C=O) groups is 4. The fourth-order valence-corrected chi connectivity index (χ4v) is 13.4. The Hall–Kier alpha value is -9.80. The molecule has 2 heterocycles. The minimum absolute atomic E-state index is 0.0566. The molecule has 0 radical (unpaired) electrons. The van der Waals surface area contributed by atoms with Crippen LogP contribution in [-0.4, -0.2) is 23.6 Å². The number of aryl methyl sites for hydroxylation is 4. The third-order valence-electron chi connectivity index (χ3n) is 18.2. The Kier molecular flexibility index (Phi) is 16.3. The summed E-state index contributed by atoms with van der Waals surface area (Å²) < 4.78 is 29.1. The van der Waals surface area contributed by atoms with Gasteiger partial charge in [0.25, 0.3) is 23.6 Å². The molecule has 0 spiro atoms. The van der Waals surface area contributed by atoms with E-state index in [0.29, 0.717) is 103 Å². The lowest BCUT2D eigenvalue weighted by atomic mass is 9.80. The predicted octanol–water partition coefficient (Wildman–Crippen LogP) is 22.4. The van der Waals surface area contributed by atoms with Crippen molar-refractivity contribution in [1.29, 1.82) is 0 Å². The fraction of sp³-hybridized carbons (Fsp3) is 0.286. The highest BCUT2D eigenvalue weighted by atomic mass is 16.5. The van der Waals surface area contributed by atoms with E-state index in [4.69, 9.17) is 18.9 Å². The molecule has 2 aliphatic rings. The second kappa shape index (κ2) is 24.3. The summed E-state index contributed by atoms with van der Waals surface area (Å²) >= 11 is 0. The van der Waals surface area contributed by atoms with Crippen molar-refractivity contribution in [3.63, 3.8) is 0 Å². The van der Waals surface area contributed by atoms with Gasteiger partial charge in [0.1, 0.15) is 46.0 Å². The van der Waals surface area contributed by atoms with Crippen LogP contribution < -0.4 is 28.7 Å². The number of fused-ring (bicyclic) bond motifs is 2. The third-order valence-corrected chi connectivity index (χ3v) is 18.2. The average Bonchev–Trinajstić information content (AvgIpc) is 0.672. The molecule has 0 saturated heterocycles. The first-order chi connectivity index (χ1) is 44.8. The Labute approximate surface area is 551 Å². The molecule has 0 fully saturated rings. The molecule has 10 nitrogen and oxygen atoms in total. The van der Waals surface area contributed by atoms with Crippen LogP contribution in [0.3, 0.4) is 0 Å². The number of amides is 4. The van der Waals surface area contributed by atoms with Gasteiger partial charge in [0.05, 0.1) is 33.6 Å². The van der Waals surface area contributed by atoms with Gasteiger partial charge in [0.15, 0.2) is 0 Å². The molecular weight excluding hydrogens is 1160 g/mol. The Morgan fingerprint density at radius 1 is 0.266 bits per heavy atom. The van der Waals surface area contributed by atoms with E-state index in [1.54, 1.807) is 24.3 Å². The molecule has 0 saturated carbocycles. The van der Waals surface area contributed by atoms with Crippen LogP contribution in [-0.2, 0) is 25.7 Å². The maximum atomic E-state index is 16.6. The van der Waals surface area contributed by atoms with E-state index in [-0.39, 0.29) is 66.9 Å². The summed E-state index contributed by atoms with van der Waals surface area (Å²) in [6, 6.07) is 56.9.